The van der Waals surface area contributed by atoms with Gasteiger partial charge in [0.25, 0.3) is 0 Å². The number of aliphatic hydroxyl groups is 1. The number of aliphatic hydroxyl groups excluding tert-OH is 1. The lowest BCUT2D eigenvalue weighted by atomic mass is 10.2. The topological polar surface area (TPSA) is 48.4 Å². The Labute approximate surface area is 170 Å². The Hall–Kier alpha value is -1.48. The lowest BCUT2D eigenvalue weighted by molar-refractivity contribution is 0.572. The van der Waals surface area contributed by atoms with E-state index in [4.69, 9.17) is 12.2 Å². The number of rotatable bonds is 5. The van der Waals surface area contributed by atoms with E-state index in [-0.39, 0.29) is 22.0 Å². The molecule has 1 aromatic carbocycles. The number of benzene rings is 1. The van der Waals surface area contributed by atoms with Gasteiger partial charge in [-0.1, -0.05) is 0 Å². The molecule has 2 aromatic heterocycles. The summed E-state index contributed by atoms with van der Waals surface area (Å²) >= 11 is 7.87. The van der Waals surface area contributed by atoms with Crippen LogP contribution in [0.25, 0.3) is 11.3 Å². The number of thiazole rings is 1. The Morgan fingerprint density at radius 1 is 1.24 bits per heavy atom. The molecule has 2 heterocycles. The molecule has 3 aromatic rings. The fraction of sp³-hybridized carbons (Fsp3) is 0.176. The molecule has 0 fully saturated rings. The van der Waals surface area contributed by atoms with Crippen LogP contribution in [0.15, 0.2) is 35.7 Å². The summed E-state index contributed by atoms with van der Waals surface area (Å²) in [5, 5.41) is 15.6. The number of hydrogen-bond acceptors (Lipinski definition) is 6. The molecule has 25 heavy (non-hydrogen) atoms. The summed E-state index contributed by atoms with van der Waals surface area (Å²) < 4.78 is 0. The van der Waals surface area contributed by atoms with E-state index in [0.717, 1.165) is 32.6 Å². The van der Waals surface area contributed by atoms with Crippen molar-refractivity contribution < 1.29 is 5.11 Å². The monoisotopic (exact) mass is 455 g/mol. The Morgan fingerprint density at radius 3 is 2.48 bits per heavy atom. The second-order valence-corrected chi connectivity index (χ2v) is 7.99. The van der Waals surface area contributed by atoms with E-state index >= 15 is 0 Å². The van der Waals surface area contributed by atoms with Crippen molar-refractivity contribution in [1.29, 1.82) is 0 Å². The normalized spacial score (nSPS) is 10.2. The van der Waals surface area contributed by atoms with Crippen LogP contribution in [-0.4, -0.2) is 29.2 Å². The van der Waals surface area contributed by atoms with Gasteiger partial charge in [-0.15, -0.1) is 39.7 Å². The predicted molar refractivity (Wildman–Crippen MR) is 119 cm³/mol. The standard InChI is InChI=1S/C17H17N3OS3.BrH/c1-10-13(8-15(24-10)16(21)22)14-9-23-17(19-14)18-11-4-6-12(7-5-11)20(2)3;/h4-9H,1-3H3,(H,18,19)(H,21,22);1H. The third-order valence-corrected chi connectivity index (χ3v) is 5.71. The van der Waals surface area contributed by atoms with Crippen LogP contribution in [0.3, 0.4) is 0 Å². The van der Waals surface area contributed by atoms with Gasteiger partial charge >= 0.3 is 0 Å². The molecular formula is C17H18BrN3OS3. The Balaban J connectivity index is 0.00000225. The van der Waals surface area contributed by atoms with Crippen LogP contribution in [0, 0.1) is 6.92 Å². The quantitative estimate of drug-likeness (QED) is 0.475. The van der Waals surface area contributed by atoms with Gasteiger partial charge in [0.05, 0.1) is 10.6 Å². The highest BCUT2D eigenvalue weighted by Gasteiger charge is 2.13. The lowest BCUT2D eigenvalue weighted by Crippen LogP contribution is -2.08. The fourth-order valence-corrected chi connectivity index (χ4v) is 4.05. The summed E-state index contributed by atoms with van der Waals surface area (Å²) in [6.45, 7) is 2.01. The van der Waals surface area contributed by atoms with E-state index in [1.54, 1.807) is 11.3 Å². The zero-order chi connectivity index (χ0) is 17.3. The third kappa shape index (κ3) is 4.58. The van der Waals surface area contributed by atoms with Crippen LogP contribution >= 0.6 is 51.9 Å². The number of nitrogens with zero attached hydrogens (tertiary/aromatic N) is 2. The Kier molecular flexibility index (Phi) is 6.56. The van der Waals surface area contributed by atoms with Crippen molar-refractivity contribution in [2.45, 2.75) is 6.92 Å². The number of thiophene rings is 1. The van der Waals surface area contributed by atoms with Crippen molar-refractivity contribution in [2.24, 2.45) is 0 Å². The highest BCUT2D eigenvalue weighted by Crippen LogP contribution is 2.34. The summed E-state index contributed by atoms with van der Waals surface area (Å²) in [7, 11) is 4.04. The van der Waals surface area contributed by atoms with Gasteiger partial charge < -0.3 is 15.3 Å². The van der Waals surface area contributed by atoms with Crippen molar-refractivity contribution >= 4 is 73.4 Å². The smallest absolute Gasteiger partial charge is 0.198 e. The molecule has 0 aliphatic carbocycles. The minimum atomic E-state index is -0.0658. The van der Waals surface area contributed by atoms with Crippen molar-refractivity contribution in [2.75, 3.05) is 24.3 Å². The Bertz CT molecular complexity index is 872. The maximum absolute atomic E-state index is 9.48. The second kappa shape index (κ2) is 8.27. The molecule has 0 spiro atoms. The van der Waals surface area contributed by atoms with Crippen LogP contribution in [0.1, 0.15) is 9.75 Å². The van der Waals surface area contributed by atoms with Gasteiger partial charge in [0, 0.05) is 41.3 Å². The first kappa shape index (κ1) is 19.8. The Morgan fingerprint density at radius 2 is 1.92 bits per heavy atom. The highest BCUT2D eigenvalue weighted by molar-refractivity contribution is 8.93. The minimum absolute atomic E-state index is 0. The molecule has 0 amide bonds. The number of nitrogens with one attached hydrogen (secondary N) is 1. The van der Waals surface area contributed by atoms with Gasteiger partial charge in [-0.25, -0.2) is 4.98 Å². The van der Waals surface area contributed by atoms with Crippen LogP contribution in [-0.2, 0) is 0 Å². The molecule has 0 bridgehead atoms. The highest BCUT2D eigenvalue weighted by atomic mass is 79.9. The lowest BCUT2D eigenvalue weighted by Gasteiger charge is -2.12. The van der Waals surface area contributed by atoms with Crippen LogP contribution in [0.2, 0.25) is 0 Å². The molecule has 0 unspecified atom stereocenters. The summed E-state index contributed by atoms with van der Waals surface area (Å²) in [5.41, 5.74) is 4.06. The molecule has 8 heteroatoms. The molecule has 3 rings (SSSR count). The van der Waals surface area contributed by atoms with Gasteiger partial charge in [-0.2, -0.15) is 0 Å². The van der Waals surface area contributed by atoms with Crippen molar-refractivity contribution in [3.05, 3.63) is 45.5 Å². The van der Waals surface area contributed by atoms with E-state index < -0.39 is 0 Å². The van der Waals surface area contributed by atoms with Crippen molar-refractivity contribution in [1.82, 2.24) is 4.98 Å². The first-order chi connectivity index (χ1) is 11.4. The number of hydrogen-bond donors (Lipinski definition) is 2. The third-order valence-electron chi connectivity index (χ3n) is 3.54. The maximum Gasteiger partial charge on any atom is 0.198 e. The summed E-state index contributed by atoms with van der Waals surface area (Å²) in [6.07, 6.45) is 0. The molecule has 0 radical (unpaired) electrons. The summed E-state index contributed by atoms with van der Waals surface area (Å²) in [6, 6.07) is 10.1. The van der Waals surface area contributed by atoms with Crippen LogP contribution in [0.4, 0.5) is 16.5 Å². The SMILES string of the molecule is Br.Cc1sc(C(O)=S)cc1-c1csc(Nc2ccc(N(C)C)cc2)n1. The van der Waals surface area contributed by atoms with E-state index in [1.165, 1.54) is 11.3 Å². The molecule has 132 valence electrons. The predicted octanol–water partition coefficient (Wildman–Crippen LogP) is 5.80. The molecule has 0 aliphatic heterocycles. The number of anilines is 3. The van der Waals surface area contributed by atoms with Gasteiger partial charge in [-0.05, 0) is 49.5 Å². The number of thiocarbonyl (C=S) groups is 1. The van der Waals surface area contributed by atoms with Crippen molar-refractivity contribution in [3.8, 4) is 11.3 Å². The molecule has 4 nitrogen and oxygen atoms in total. The minimum Gasteiger partial charge on any atom is -0.498 e. The molecule has 0 saturated heterocycles. The van der Waals surface area contributed by atoms with E-state index in [1.807, 2.05) is 44.6 Å². The summed E-state index contributed by atoms with van der Waals surface area (Å²) in [5.74, 6) is 0. The van der Waals surface area contributed by atoms with Gasteiger partial charge in [0.15, 0.2) is 10.2 Å². The number of halogens is 1. The first-order valence-electron chi connectivity index (χ1n) is 7.28. The number of aromatic nitrogens is 1. The molecule has 2 N–H and O–H groups in total. The largest absolute Gasteiger partial charge is 0.498 e. The first-order valence-corrected chi connectivity index (χ1v) is 9.38. The fourth-order valence-electron chi connectivity index (χ4n) is 2.26. The molecule has 0 atom stereocenters. The molecule has 0 saturated carbocycles. The van der Waals surface area contributed by atoms with Gasteiger partial charge in [-0.3, -0.25) is 0 Å². The van der Waals surface area contributed by atoms with Crippen LogP contribution < -0.4 is 10.2 Å². The zero-order valence-corrected chi connectivity index (χ0v) is 18.1. The van der Waals surface area contributed by atoms with Crippen LogP contribution in [0.5, 0.6) is 0 Å². The van der Waals surface area contributed by atoms with Crippen molar-refractivity contribution in [3.63, 3.8) is 0 Å². The number of aryl methyl sites for hydroxylation is 1. The van der Waals surface area contributed by atoms with Gasteiger partial charge in [0.1, 0.15) is 0 Å². The van der Waals surface area contributed by atoms with Gasteiger partial charge in [0.2, 0.25) is 0 Å². The molecular weight excluding hydrogens is 438 g/mol. The zero-order valence-electron chi connectivity index (χ0n) is 13.9. The van der Waals surface area contributed by atoms with E-state index in [2.05, 4.69) is 27.3 Å². The average molecular weight is 456 g/mol. The molecule has 0 aliphatic rings. The van der Waals surface area contributed by atoms with E-state index in [9.17, 15) is 5.11 Å². The average Bonchev–Trinajstić information content (AvgIpc) is 3.14. The second-order valence-electron chi connectivity index (χ2n) is 5.49. The summed E-state index contributed by atoms with van der Waals surface area (Å²) in [4.78, 5) is 8.51. The van der Waals surface area contributed by atoms with E-state index in [0.29, 0.717) is 4.88 Å². The maximum atomic E-state index is 9.48.